The molecule has 3 aromatic carbocycles. The van der Waals surface area contributed by atoms with Gasteiger partial charge in [-0.2, -0.15) is 0 Å². The number of aryl methyl sites for hydroxylation is 2. The second-order valence-corrected chi connectivity index (χ2v) is 9.19. The molecule has 1 heterocycles. The molecule has 35 heavy (non-hydrogen) atoms. The highest BCUT2D eigenvalue weighted by Crippen LogP contribution is 2.26. The van der Waals surface area contributed by atoms with Gasteiger partial charge in [0.1, 0.15) is 6.26 Å². The first-order chi connectivity index (χ1) is 16.9. The van der Waals surface area contributed by atoms with Gasteiger partial charge in [-0.15, -0.1) is 0 Å². The van der Waals surface area contributed by atoms with E-state index in [4.69, 9.17) is 4.42 Å². The number of oxazole rings is 1. The molecule has 0 fully saturated rings. The van der Waals surface area contributed by atoms with E-state index >= 15 is 0 Å². The smallest absolute Gasteiger partial charge is 0.275 e. The Balaban J connectivity index is 1.52. The highest BCUT2D eigenvalue weighted by molar-refractivity contribution is 5.91. The van der Waals surface area contributed by atoms with Crippen molar-refractivity contribution in [1.29, 1.82) is 0 Å². The standard InChI is InChI=1S/C30H33N3O2/c1-22-15-16-27(23(2)17-22)19-33(24(3)26-13-9-6-10-14-26)20-29-31-28(21-35-29)30(34)32(4)18-25-11-7-5-8-12-25/h5-17,21,24H,18-20H2,1-4H3/t24-/m1/s1. The van der Waals surface area contributed by atoms with E-state index in [9.17, 15) is 4.79 Å². The van der Waals surface area contributed by atoms with Gasteiger partial charge in [0.2, 0.25) is 5.89 Å². The minimum atomic E-state index is -0.152. The van der Waals surface area contributed by atoms with Crippen molar-refractivity contribution in [2.75, 3.05) is 7.05 Å². The summed E-state index contributed by atoms with van der Waals surface area (Å²) in [4.78, 5) is 21.5. The Morgan fingerprint density at radius 2 is 1.60 bits per heavy atom. The fraction of sp³-hybridized carbons (Fsp3) is 0.267. The Bertz CT molecular complexity index is 1250. The molecule has 0 bridgehead atoms. The minimum absolute atomic E-state index is 0.142. The fourth-order valence-corrected chi connectivity index (χ4v) is 4.29. The van der Waals surface area contributed by atoms with Crippen LogP contribution in [0, 0.1) is 13.8 Å². The van der Waals surface area contributed by atoms with Crippen LogP contribution in [0.2, 0.25) is 0 Å². The number of rotatable bonds is 9. The maximum atomic E-state index is 13.0. The maximum absolute atomic E-state index is 13.0. The molecule has 0 unspecified atom stereocenters. The van der Waals surface area contributed by atoms with Crippen molar-refractivity contribution in [3.8, 4) is 0 Å². The van der Waals surface area contributed by atoms with E-state index in [1.54, 1.807) is 11.9 Å². The molecule has 5 nitrogen and oxygen atoms in total. The van der Waals surface area contributed by atoms with Gasteiger partial charge in [-0.25, -0.2) is 4.98 Å². The number of benzene rings is 3. The zero-order chi connectivity index (χ0) is 24.8. The average Bonchev–Trinajstić information content (AvgIpc) is 3.34. The first-order valence-corrected chi connectivity index (χ1v) is 12.0. The van der Waals surface area contributed by atoms with Crippen LogP contribution in [0.4, 0.5) is 0 Å². The van der Waals surface area contributed by atoms with Crippen LogP contribution >= 0.6 is 0 Å². The number of carbonyl (C=O) groups is 1. The third kappa shape index (κ3) is 6.25. The molecule has 5 heteroatoms. The fourth-order valence-electron chi connectivity index (χ4n) is 4.29. The van der Waals surface area contributed by atoms with Gasteiger partial charge in [-0.05, 0) is 43.0 Å². The molecule has 1 atom stereocenters. The first-order valence-electron chi connectivity index (χ1n) is 12.0. The number of hydrogen-bond donors (Lipinski definition) is 0. The predicted molar refractivity (Wildman–Crippen MR) is 139 cm³/mol. The molecule has 0 N–H and O–H groups in total. The van der Waals surface area contributed by atoms with E-state index in [-0.39, 0.29) is 11.9 Å². The average molecular weight is 468 g/mol. The normalized spacial score (nSPS) is 12.0. The molecule has 1 amide bonds. The largest absolute Gasteiger partial charge is 0.447 e. The number of nitrogens with zero attached hydrogens (tertiary/aromatic N) is 3. The summed E-state index contributed by atoms with van der Waals surface area (Å²) in [6.07, 6.45) is 1.47. The van der Waals surface area contributed by atoms with Crippen LogP contribution in [0.1, 0.15) is 57.2 Å². The van der Waals surface area contributed by atoms with Crippen LogP contribution in [0.25, 0.3) is 0 Å². The van der Waals surface area contributed by atoms with E-state index in [0.717, 1.165) is 12.1 Å². The molecule has 0 spiro atoms. The van der Waals surface area contributed by atoms with Crippen LogP contribution in [0.3, 0.4) is 0 Å². The van der Waals surface area contributed by atoms with Crippen molar-refractivity contribution >= 4 is 5.91 Å². The van der Waals surface area contributed by atoms with Crippen molar-refractivity contribution in [3.63, 3.8) is 0 Å². The quantitative estimate of drug-likeness (QED) is 0.289. The van der Waals surface area contributed by atoms with Gasteiger partial charge in [0, 0.05) is 26.2 Å². The second kappa shape index (κ2) is 11.2. The third-order valence-corrected chi connectivity index (χ3v) is 6.42. The number of amides is 1. The lowest BCUT2D eigenvalue weighted by Gasteiger charge is -2.29. The molecular formula is C30H33N3O2. The summed E-state index contributed by atoms with van der Waals surface area (Å²) in [6.45, 7) is 8.23. The summed E-state index contributed by atoms with van der Waals surface area (Å²) in [7, 11) is 1.79. The Kier molecular flexibility index (Phi) is 7.78. The van der Waals surface area contributed by atoms with Crippen molar-refractivity contribution in [2.45, 2.75) is 46.4 Å². The number of hydrogen-bond acceptors (Lipinski definition) is 4. The second-order valence-electron chi connectivity index (χ2n) is 9.19. The van der Waals surface area contributed by atoms with Gasteiger partial charge in [0.15, 0.2) is 5.69 Å². The van der Waals surface area contributed by atoms with Crippen molar-refractivity contribution in [1.82, 2.24) is 14.8 Å². The van der Waals surface area contributed by atoms with Crippen LogP contribution in [0.5, 0.6) is 0 Å². The molecule has 0 aliphatic rings. The third-order valence-electron chi connectivity index (χ3n) is 6.42. The van der Waals surface area contributed by atoms with Gasteiger partial charge in [-0.3, -0.25) is 9.69 Å². The van der Waals surface area contributed by atoms with Crippen molar-refractivity contribution < 1.29 is 9.21 Å². The number of aromatic nitrogens is 1. The van der Waals surface area contributed by atoms with Gasteiger partial charge in [-0.1, -0.05) is 84.4 Å². The van der Waals surface area contributed by atoms with Gasteiger partial charge in [0.25, 0.3) is 5.91 Å². The molecule has 0 radical (unpaired) electrons. The predicted octanol–water partition coefficient (Wildman–Crippen LogP) is 6.33. The highest BCUT2D eigenvalue weighted by atomic mass is 16.3. The monoisotopic (exact) mass is 467 g/mol. The molecule has 0 aliphatic heterocycles. The lowest BCUT2D eigenvalue weighted by molar-refractivity contribution is 0.0779. The van der Waals surface area contributed by atoms with E-state index in [2.05, 4.69) is 73.1 Å². The van der Waals surface area contributed by atoms with Gasteiger partial charge in [0.05, 0.1) is 6.54 Å². The summed E-state index contributed by atoms with van der Waals surface area (Å²) in [5, 5.41) is 0. The van der Waals surface area contributed by atoms with E-state index in [0.29, 0.717) is 24.7 Å². The van der Waals surface area contributed by atoms with E-state index < -0.39 is 0 Å². The molecule has 180 valence electrons. The Morgan fingerprint density at radius 1 is 0.914 bits per heavy atom. The molecular weight excluding hydrogens is 434 g/mol. The summed E-state index contributed by atoms with van der Waals surface area (Å²) in [6, 6.07) is 27.1. The van der Waals surface area contributed by atoms with Gasteiger partial charge >= 0.3 is 0 Å². The SMILES string of the molecule is Cc1ccc(CN(Cc2nc(C(=O)N(C)Cc3ccccc3)co2)[C@H](C)c2ccccc2)c(C)c1. The van der Waals surface area contributed by atoms with E-state index in [1.807, 2.05) is 36.4 Å². The van der Waals surface area contributed by atoms with Crippen LogP contribution < -0.4 is 0 Å². The van der Waals surface area contributed by atoms with E-state index in [1.165, 1.54) is 28.5 Å². The minimum Gasteiger partial charge on any atom is -0.447 e. The Morgan fingerprint density at radius 3 is 2.29 bits per heavy atom. The zero-order valence-electron chi connectivity index (χ0n) is 20.9. The summed E-state index contributed by atoms with van der Waals surface area (Å²) in [5.41, 5.74) is 6.41. The summed E-state index contributed by atoms with van der Waals surface area (Å²) in [5.74, 6) is 0.384. The summed E-state index contributed by atoms with van der Waals surface area (Å²) < 4.78 is 5.79. The van der Waals surface area contributed by atoms with Gasteiger partial charge < -0.3 is 9.32 Å². The van der Waals surface area contributed by atoms with Crippen LogP contribution in [0.15, 0.2) is 89.5 Å². The van der Waals surface area contributed by atoms with Crippen molar-refractivity contribution in [2.24, 2.45) is 0 Å². The van der Waals surface area contributed by atoms with Crippen LogP contribution in [-0.4, -0.2) is 27.7 Å². The highest BCUT2D eigenvalue weighted by Gasteiger charge is 2.22. The van der Waals surface area contributed by atoms with Crippen molar-refractivity contribution in [3.05, 3.63) is 125 Å². The molecule has 4 aromatic rings. The topological polar surface area (TPSA) is 49.6 Å². The molecule has 1 aromatic heterocycles. The lowest BCUT2D eigenvalue weighted by atomic mass is 10.0. The number of carbonyl (C=O) groups excluding carboxylic acids is 1. The molecule has 4 rings (SSSR count). The molecule has 0 aliphatic carbocycles. The lowest BCUT2D eigenvalue weighted by Crippen LogP contribution is -2.28. The zero-order valence-corrected chi connectivity index (χ0v) is 20.9. The molecule has 0 saturated carbocycles. The maximum Gasteiger partial charge on any atom is 0.275 e. The first kappa shape index (κ1) is 24.4. The Hall–Kier alpha value is -3.70. The Labute approximate surface area is 208 Å². The molecule has 0 saturated heterocycles. The summed E-state index contributed by atoms with van der Waals surface area (Å²) >= 11 is 0. The van der Waals surface area contributed by atoms with Crippen LogP contribution in [-0.2, 0) is 19.6 Å².